The van der Waals surface area contributed by atoms with Crippen molar-refractivity contribution in [3.63, 3.8) is 0 Å². The molecule has 1 atom stereocenters. The third-order valence-electron chi connectivity index (χ3n) is 1.94. The van der Waals surface area contributed by atoms with Crippen molar-refractivity contribution >= 4 is 19.7 Å². The average molecular weight is 315 g/mol. The second-order valence-corrected chi connectivity index (χ2v) is 4.87. The van der Waals surface area contributed by atoms with Gasteiger partial charge in [-0.15, -0.1) is 0 Å². The molecular weight excluding hydrogens is 293 g/mol. The minimum absolute atomic E-state index is 0.0821. The van der Waals surface area contributed by atoms with E-state index in [1.54, 1.807) is 0 Å². The summed E-state index contributed by atoms with van der Waals surface area (Å²) in [5.74, 6) is -1.24. The molecule has 10 nitrogen and oxygen atoms in total. The van der Waals surface area contributed by atoms with Crippen LogP contribution in [0.15, 0.2) is 0 Å². The molecule has 0 rings (SSSR count). The van der Waals surface area contributed by atoms with Gasteiger partial charge in [-0.2, -0.15) is 0 Å². The molecule has 9 N–H and O–H groups in total. The number of aliphatic carboxylic acids is 1. The second-order valence-electron chi connectivity index (χ2n) is 3.84. The summed E-state index contributed by atoms with van der Waals surface area (Å²) in [6, 6.07) is -0.564. The molecule has 0 aromatic carbocycles. The number of hydrogen-bond acceptors (Lipinski definition) is 5. The van der Waals surface area contributed by atoms with E-state index in [1.165, 1.54) is 0 Å². The van der Waals surface area contributed by atoms with Gasteiger partial charge in [0, 0.05) is 6.54 Å². The molecule has 11 heteroatoms. The monoisotopic (exact) mass is 315 g/mol. The first-order valence-electron chi connectivity index (χ1n) is 5.81. The summed E-state index contributed by atoms with van der Waals surface area (Å²) in [4.78, 5) is 43.0. The maximum Gasteiger partial charge on any atom is 0.466 e. The number of amides is 1. The zero-order valence-electron chi connectivity index (χ0n) is 10.9. The van der Waals surface area contributed by atoms with E-state index < -0.39 is 19.8 Å². The maximum absolute atomic E-state index is 11.3. The summed E-state index contributed by atoms with van der Waals surface area (Å²) < 4.78 is 8.88. The molecule has 0 aliphatic rings. The number of hydrogen-bond donors (Lipinski definition) is 7. The van der Waals surface area contributed by atoms with Crippen molar-refractivity contribution in [3.8, 4) is 0 Å². The quantitative estimate of drug-likeness (QED) is 0.198. The van der Waals surface area contributed by atoms with E-state index in [1.807, 2.05) is 0 Å². The van der Waals surface area contributed by atoms with Gasteiger partial charge in [0.25, 0.3) is 0 Å². The van der Waals surface area contributed by atoms with Gasteiger partial charge in [-0.3, -0.25) is 9.59 Å². The Hall–Kier alpha value is -1.03. The van der Waals surface area contributed by atoms with Crippen LogP contribution in [0.4, 0.5) is 0 Å². The van der Waals surface area contributed by atoms with Gasteiger partial charge >= 0.3 is 13.8 Å². The number of unbranched alkanes of at least 4 members (excludes halogenated alkanes) is 1. The normalized spacial score (nSPS) is 12.1. The third-order valence-corrected chi connectivity index (χ3v) is 1.94. The number of phosphoric acid groups is 1. The van der Waals surface area contributed by atoms with E-state index in [9.17, 15) is 9.59 Å². The number of carbonyl (C=O) groups is 2. The van der Waals surface area contributed by atoms with Gasteiger partial charge in [0.1, 0.15) is 0 Å². The lowest BCUT2D eigenvalue weighted by Gasteiger charge is -2.10. The van der Waals surface area contributed by atoms with Crippen molar-refractivity contribution in [1.82, 2.24) is 5.32 Å². The zero-order valence-corrected chi connectivity index (χ0v) is 11.8. The Morgan fingerprint density at radius 1 is 1.20 bits per heavy atom. The van der Waals surface area contributed by atoms with Crippen molar-refractivity contribution in [2.24, 2.45) is 11.5 Å². The molecule has 0 aromatic rings. The number of carboxylic acid groups (broad SMARTS) is 1. The van der Waals surface area contributed by atoms with E-state index in [-0.39, 0.29) is 18.9 Å². The van der Waals surface area contributed by atoms with Crippen LogP contribution in [0.1, 0.15) is 25.7 Å². The summed E-state index contributed by atoms with van der Waals surface area (Å²) in [6.07, 6.45) is 2.15. The van der Waals surface area contributed by atoms with Crippen molar-refractivity contribution < 1.29 is 33.9 Å². The smallest absolute Gasteiger partial charge is 0.466 e. The number of rotatable bonds is 8. The van der Waals surface area contributed by atoms with Crippen LogP contribution < -0.4 is 16.8 Å². The fraction of sp³-hybridized carbons (Fsp3) is 0.778. The molecular formula is C9H22N3O7P. The van der Waals surface area contributed by atoms with Crippen LogP contribution in [0.3, 0.4) is 0 Å². The Balaban J connectivity index is 0. The van der Waals surface area contributed by atoms with Crippen LogP contribution in [0.25, 0.3) is 0 Å². The van der Waals surface area contributed by atoms with Crippen LogP contribution in [-0.4, -0.2) is 50.8 Å². The maximum atomic E-state index is 11.3. The first kappa shape index (κ1) is 21.3. The van der Waals surface area contributed by atoms with Crippen LogP contribution in [0, 0.1) is 0 Å². The Bertz CT molecular complexity index is 325. The third kappa shape index (κ3) is 22.2. The Kier molecular flexibility index (Phi) is 12.5. The lowest BCUT2D eigenvalue weighted by atomic mass is 10.1. The van der Waals surface area contributed by atoms with Crippen molar-refractivity contribution in [2.75, 3.05) is 13.1 Å². The SMILES string of the molecule is NCCCCC(N)C(=O)NCCC(=O)O.O=P(O)(O)O. The van der Waals surface area contributed by atoms with Gasteiger partial charge in [0.05, 0.1) is 12.5 Å². The molecule has 20 heavy (non-hydrogen) atoms. The standard InChI is InChI=1S/C9H19N3O3.H3O4P/c10-5-2-1-3-7(11)9(15)12-6-4-8(13)14;1-5(2,3)4/h7H,1-6,10-11H2,(H,12,15)(H,13,14);(H3,1,2,3,4). The van der Waals surface area contributed by atoms with Crippen LogP contribution in [0.5, 0.6) is 0 Å². The molecule has 1 unspecified atom stereocenters. The van der Waals surface area contributed by atoms with Gasteiger partial charge in [-0.1, -0.05) is 6.42 Å². The summed E-state index contributed by atoms with van der Waals surface area (Å²) in [7, 11) is -4.64. The lowest BCUT2D eigenvalue weighted by molar-refractivity contribution is -0.137. The molecule has 0 bridgehead atoms. The number of carboxylic acids is 1. The highest BCUT2D eigenvalue weighted by atomic mass is 31.2. The lowest BCUT2D eigenvalue weighted by Crippen LogP contribution is -2.41. The summed E-state index contributed by atoms with van der Waals surface area (Å²) in [5.41, 5.74) is 10.9. The Morgan fingerprint density at radius 3 is 2.10 bits per heavy atom. The Morgan fingerprint density at radius 2 is 1.70 bits per heavy atom. The molecule has 0 aromatic heterocycles. The first-order chi connectivity index (χ1) is 9.07. The van der Waals surface area contributed by atoms with Crippen molar-refractivity contribution in [2.45, 2.75) is 31.7 Å². The van der Waals surface area contributed by atoms with Crippen LogP contribution in [-0.2, 0) is 14.2 Å². The van der Waals surface area contributed by atoms with E-state index in [2.05, 4.69) is 5.32 Å². The summed E-state index contributed by atoms with van der Waals surface area (Å²) in [5, 5.41) is 10.8. The van der Waals surface area contributed by atoms with E-state index in [4.69, 9.17) is 35.8 Å². The fourth-order valence-corrected chi connectivity index (χ4v) is 1.06. The van der Waals surface area contributed by atoms with Gasteiger partial charge in [0.15, 0.2) is 0 Å². The molecule has 0 radical (unpaired) electrons. The molecule has 0 aliphatic carbocycles. The largest absolute Gasteiger partial charge is 0.481 e. The van der Waals surface area contributed by atoms with E-state index >= 15 is 0 Å². The number of nitrogens with two attached hydrogens (primary N) is 2. The van der Waals surface area contributed by atoms with E-state index in [0.29, 0.717) is 13.0 Å². The molecule has 0 fully saturated rings. The predicted octanol–water partition coefficient (Wildman–Crippen LogP) is -1.89. The first-order valence-corrected chi connectivity index (χ1v) is 7.38. The van der Waals surface area contributed by atoms with Crippen molar-refractivity contribution in [3.05, 3.63) is 0 Å². The number of carbonyl (C=O) groups excluding carboxylic acids is 1. The zero-order chi connectivity index (χ0) is 16.2. The molecule has 0 spiro atoms. The Labute approximate surface area is 116 Å². The highest BCUT2D eigenvalue weighted by Crippen LogP contribution is 2.25. The van der Waals surface area contributed by atoms with Crippen LogP contribution >= 0.6 is 7.82 Å². The van der Waals surface area contributed by atoms with Crippen molar-refractivity contribution in [1.29, 1.82) is 0 Å². The predicted molar refractivity (Wildman–Crippen MR) is 70.4 cm³/mol. The molecule has 0 heterocycles. The highest BCUT2D eigenvalue weighted by Gasteiger charge is 2.12. The van der Waals surface area contributed by atoms with E-state index in [0.717, 1.165) is 12.8 Å². The van der Waals surface area contributed by atoms with Gasteiger partial charge in [0.2, 0.25) is 5.91 Å². The minimum Gasteiger partial charge on any atom is -0.481 e. The van der Waals surface area contributed by atoms with Gasteiger partial charge in [-0.25, -0.2) is 4.57 Å². The average Bonchev–Trinajstić information content (AvgIpc) is 2.26. The number of nitrogens with one attached hydrogen (secondary N) is 1. The summed E-state index contributed by atoms with van der Waals surface area (Å²) in [6.45, 7) is 0.714. The highest BCUT2D eigenvalue weighted by molar-refractivity contribution is 7.45. The second kappa shape index (κ2) is 11.8. The molecule has 120 valence electrons. The summed E-state index contributed by atoms with van der Waals surface area (Å²) >= 11 is 0. The minimum atomic E-state index is -4.64. The van der Waals surface area contributed by atoms with Gasteiger partial charge < -0.3 is 36.6 Å². The molecule has 0 saturated heterocycles. The van der Waals surface area contributed by atoms with Crippen LogP contribution in [0.2, 0.25) is 0 Å². The van der Waals surface area contributed by atoms with Gasteiger partial charge in [-0.05, 0) is 19.4 Å². The molecule has 1 amide bonds. The fourth-order valence-electron chi connectivity index (χ4n) is 1.06. The molecule has 0 aliphatic heterocycles. The topological polar surface area (TPSA) is 196 Å². The molecule has 0 saturated carbocycles.